The average molecular weight is 661 g/mol. The van der Waals surface area contributed by atoms with Crippen molar-refractivity contribution >= 4 is 41.2 Å². The predicted molar refractivity (Wildman–Crippen MR) is 171 cm³/mol. The lowest BCUT2D eigenvalue weighted by molar-refractivity contribution is -0.144. The quantitative estimate of drug-likeness (QED) is 0.0882. The number of esters is 5. The first-order chi connectivity index (χ1) is 22.5. The molecule has 0 radical (unpaired) electrons. The minimum atomic E-state index is -0.592. The molecule has 0 saturated heterocycles. The fraction of sp³-hybridized carbons (Fsp3) is 0.485. The Morgan fingerprint density at radius 1 is 0.574 bits per heavy atom. The van der Waals surface area contributed by atoms with Crippen LogP contribution in [-0.4, -0.2) is 95.7 Å². The monoisotopic (exact) mass is 660 g/mol. The fourth-order valence-electron chi connectivity index (χ4n) is 4.30. The molecule has 0 bridgehead atoms. The van der Waals surface area contributed by atoms with E-state index >= 15 is 0 Å². The molecule has 0 unspecified atom stereocenters. The van der Waals surface area contributed by atoms with Crippen molar-refractivity contribution in [2.45, 2.75) is 41.5 Å². The Labute approximate surface area is 274 Å². The molecule has 14 nitrogen and oxygen atoms in total. The summed E-state index contributed by atoms with van der Waals surface area (Å²) in [6.07, 6.45) is 0. The van der Waals surface area contributed by atoms with Crippen LogP contribution in [0.25, 0.3) is 0 Å². The number of aryl methyl sites for hydroxylation is 1. The van der Waals surface area contributed by atoms with Crippen LogP contribution >= 0.6 is 0 Å². The topological polar surface area (TPSA) is 156 Å². The molecule has 0 aromatic heterocycles. The van der Waals surface area contributed by atoms with Gasteiger partial charge in [-0.2, -0.15) is 0 Å². The third kappa shape index (κ3) is 13.5. The molecule has 47 heavy (non-hydrogen) atoms. The molecule has 0 spiro atoms. The van der Waals surface area contributed by atoms with Crippen LogP contribution in [0, 0.1) is 6.92 Å². The van der Waals surface area contributed by atoms with E-state index in [-0.39, 0.29) is 83.0 Å². The second-order valence-corrected chi connectivity index (χ2v) is 9.82. The van der Waals surface area contributed by atoms with Gasteiger partial charge in [0.25, 0.3) is 0 Å². The zero-order chi connectivity index (χ0) is 34.8. The van der Waals surface area contributed by atoms with E-state index in [4.69, 9.17) is 33.2 Å². The molecule has 258 valence electrons. The lowest BCUT2D eigenvalue weighted by Gasteiger charge is -2.26. The van der Waals surface area contributed by atoms with Gasteiger partial charge in [0, 0.05) is 13.0 Å². The van der Waals surface area contributed by atoms with Gasteiger partial charge in [-0.1, -0.05) is 6.07 Å². The van der Waals surface area contributed by atoms with Crippen LogP contribution < -0.4 is 24.0 Å². The van der Waals surface area contributed by atoms with Crippen LogP contribution in [0.5, 0.6) is 17.2 Å². The number of nitrogens with zero attached hydrogens (tertiary/aromatic N) is 2. The Morgan fingerprint density at radius 2 is 1.02 bits per heavy atom. The van der Waals surface area contributed by atoms with E-state index in [2.05, 4.69) is 0 Å². The summed E-state index contributed by atoms with van der Waals surface area (Å²) in [5.41, 5.74) is 1.61. The van der Waals surface area contributed by atoms with Gasteiger partial charge in [-0.3, -0.25) is 24.0 Å². The molecule has 0 atom stereocenters. The third-order valence-corrected chi connectivity index (χ3v) is 6.09. The number of ether oxygens (including phenoxy) is 7. The second-order valence-electron chi connectivity index (χ2n) is 9.82. The number of benzene rings is 2. The maximum atomic E-state index is 12.5. The van der Waals surface area contributed by atoms with Crippen LogP contribution in [0.15, 0.2) is 36.4 Å². The molecule has 2 aromatic carbocycles. The molecule has 0 amide bonds. The molecule has 0 aliphatic rings. The van der Waals surface area contributed by atoms with E-state index in [1.165, 1.54) is 34.9 Å². The van der Waals surface area contributed by atoms with Crippen molar-refractivity contribution in [2.24, 2.45) is 0 Å². The normalized spacial score (nSPS) is 10.3. The number of rotatable bonds is 20. The number of anilines is 2. The summed E-state index contributed by atoms with van der Waals surface area (Å²) in [6.45, 7) is 9.43. The van der Waals surface area contributed by atoms with E-state index in [1.807, 2.05) is 13.0 Å². The molecular formula is C33H44N2O12. The Kier molecular flexibility index (Phi) is 16.4. The Morgan fingerprint density at radius 3 is 1.47 bits per heavy atom. The summed E-state index contributed by atoms with van der Waals surface area (Å²) in [7, 11) is 0. The van der Waals surface area contributed by atoms with E-state index in [0.29, 0.717) is 11.4 Å². The lowest BCUT2D eigenvalue weighted by Crippen LogP contribution is -2.36. The van der Waals surface area contributed by atoms with E-state index in [0.717, 1.165) is 5.56 Å². The largest absolute Gasteiger partial charge is 0.488 e. The van der Waals surface area contributed by atoms with E-state index < -0.39 is 29.8 Å². The molecular weight excluding hydrogens is 616 g/mol. The minimum Gasteiger partial charge on any atom is -0.488 e. The van der Waals surface area contributed by atoms with Crippen LogP contribution in [0.2, 0.25) is 0 Å². The summed E-state index contributed by atoms with van der Waals surface area (Å²) < 4.78 is 37.7. The highest BCUT2D eigenvalue weighted by Gasteiger charge is 2.23. The molecule has 2 aromatic rings. The molecule has 0 saturated carbocycles. The smallest absolute Gasteiger partial charge is 0.325 e. The summed E-state index contributed by atoms with van der Waals surface area (Å²) >= 11 is 0. The van der Waals surface area contributed by atoms with Gasteiger partial charge in [0.2, 0.25) is 0 Å². The summed E-state index contributed by atoms with van der Waals surface area (Å²) in [5, 5.41) is 0. The van der Waals surface area contributed by atoms with Crippen molar-refractivity contribution in [3.05, 3.63) is 42.0 Å². The highest BCUT2D eigenvalue weighted by Crippen LogP contribution is 2.34. The van der Waals surface area contributed by atoms with Crippen molar-refractivity contribution in [1.29, 1.82) is 0 Å². The Balaban J connectivity index is 2.34. The van der Waals surface area contributed by atoms with E-state index in [9.17, 15) is 24.0 Å². The number of hydrogen-bond acceptors (Lipinski definition) is 14. The summed E-state index contributed by atoms with van der Waals surface area (Å²) in [4.78, 5) is 64.2. The van der Waals surface area contributed by atoms with Crippen molar-refractivity contribution in [3.63, 3.8) is 0 Å². The highest BCUT2D eigenvalue weighted by molar-refractivity contribution is 5.84. The maximum absolute atomic E-state index is 12.5. The van der Waals surface area contributed by atoms with Crippen molar-refractivity contribution in [2.75, 3.05) is 75.6 Å². The minimum absolute atomic E-state index is 0.00427. The maximum Gasteiger partial charge on any atom is 0.325 e. The molecule has 14 heteroatoms. The van der Waals surface area contributed by atoms with Crippen molar-refractivity contribution in [3.8, 4) is 17.2 Å². The number of hydrogen-bond donors (Lipinski definition) is 0. The van der Waals surface area contributed by atoms with Gasteiger partial charge in [0.05, 0.1) is 37.8 Å². The first kappa shape index (κ1) is 38.2. The predicted octanol–water partition coefficient (Wildman–Crippen LogP) is 3.24. The lowest BCUT2D eigenvalue weighted by atomic mass is 10.2. The Hall–Kier alpha value is -5.01. The number of carbonyl (C=O) groups is 5. The SMILES string of the molecule is CCOC(=O)CN(CC(=O)OCC)c1ccc(C)cc1OCCOc1ccc(OC(C)=O)cc1N(CC(=O)OCC)CC(=O)OCC. The standard InChI is InChI=1S/C33H44N2O12/c1-7-41-30(37)19-34(20-31(38)42-8-2)26-13-11-23(5)17-29(26)46-16-15-45-28-14-12-25(47-24(6)36)18-27(28)35(21-32(39)43-9-3)22-33(40)44-10-4/h11-14,17-18H,7-10,15-16,19-22H2,1-6H3. The fourth-order valence-corrected chi connectivity index (χ4v) is 4.30. The summed E-state index contributed by atoms with van der Waals surface area (Å²) in [5.74, 6) is -1.97. The molecule has 0 aliphatic carbocycles. The van der Waals surface area contributed by atoms with Gasteiger partial charge in [-0.05, 0) is 64.4 Å². The second kappa shape index (κ2) is 20.2. The molecule has 0 heterocycles. The van der Waals surface area contributed by atoms with Crippen LogP contribution in [0.1, 0.15) is 40.2 Å². The van der Waals surface area contributed by atoms with Gasteiger partial charge < -0.3 is 43.0 Å². The van der Waals surface area contributed by atoms with Gasteiger partial charge in [0.1, 0.15) is 56.6 Å². The molecule has 2 rings (SSSR count). The van der Waals surface area contributed by atoms with Crippen molar-refractivity contribution in [1.82, 2.24) is 0 Å². The van der Waals surface area contributed by atoms with Crippen LogP contribution in [0.3, 0.4) is 0 Å². The molecule has 0 N–H and O–H groups in total. The van der Waals surface area contributed by atoms with Gasteiger partial charge in [0.15, 0.2) is 0 Å². The number of carbonyl (C=O) groups excluding carboxylic acids is 5. The molecule has 0 fully saturated rings. The Bertz CT molecular complexity index is 1320. The molecule has 0 aliphatic heterocycles. The van der Waals surface area contributed by atoms with Crippen LogP contribution in [0.4, 0.5) is 11.4 Å². The highest BCUT2D eigenvalue weighted by atomic mass is 16.6. The van der Waals surface area contributed by atoms with Gasteiger partial charge in [-0.25, -0.2) is 0 Å². The third-order valence-electron chi connectivity index (χ3n) is 6.09. The summed E-state index contributed by atoms with van der Waals surface area (Å²) in [6, 6.07) is 9.83. The van der Waals surface area contributed by atoms with Crippen molar-refractivity contribution < 1.29 is 57.1 Å². The zero-order valence-corrected chi connectivity index (χ0v) is 27.8. The average Bonchev–Trinajstić information content (AvgIpc) is 2.99. The zero-order valence-electron chi connectivity index (χ0n) is 27.8. The van der Waals surface area contributed by atoms with Gasteiger partial charge in [-0.15, -0.1) is 0 Å². The first-order valence-electron chi connectivity index (χ1n) is 15.3. The van der Waals surface area contributed by atoms with E-state index in [1.54, 1.807) is 39.8 Å². The van der Waals surface area contributed by atoms with Gasteiger partial charge >= 0.3 is 29.8 Å². The van der Waals surface area contributed by atoms with Crippen LogP contribution in [-0.2, 0) is 42.9 Å². The first-order valence-corrected chi connectivity index (χ1v) is 15.3.